The molecule has 0 radical (unpaired) electrons. The monoisotopic (exact) mass is 675 g/mol. The summed E-state index contributed by atoms with van der Waals surface area (Å²) in [5.74, 6) is -0.0549. The van der Waals surface area contributed by atoms with Crippen LogP contribution in [0.4, 0.5) is 19.0 Å². The second kappa shape index (κ2) is 11.9. The van der Waals surface area contributed by atoms with Crippen molar-refractivity contribution >= 4 is 27.5 Å². The summed E-state index contributed by atoms with van der Waals surface area (Å²) in [6.07, 6.45) is 10.7. The summed E-state index contributed by atoms with van der Waals surface area (Å²) in [4.78, 5) is 13.9. The van der Waals surface area contributed by atoms with E-state index in [0.29, 0.717) is 30.9 Å². The summed E-state index contributed by atoms with van der Waals surface area (Å²) in [6, 6.07) is 15.5. The van der Waals surface area contributed by atoms with Crippen molar-refractivity contribution in [2.24, 2.45) is 5.41 Å². The van der Waals surface area contributed by atoms with E-state index in [1.54, 1.807) is 0 Å². The lowest BCUT2D eigenvalue weighted by atomic mass is 9.92. The Labute approximate surface area is 288 Å². The highest BCUT2D eigenvalue weighted by molar-refractivity contribution is 6.04. The Balaban J connectivity index is 1.11. The van der Waals surface area contributed by atoms with Crippen molar-refractivity contribution in [1.29, 1.82) is 0 Å². The number of terminal acetylenes is 1. The molecule has 9 rings (SSSR count). The van der Waals surface area contributed by atoms with Gasteiger partial charge in [0.25, 0.3) is 0 Å². The number of halogens is 3. The van der Waals surface area contributed by atoms with E-state index >= 15 is 8.78 Å². The summed E-state index contributed by atoms with van der Waals surface area (Å²) in [5, 5.41) is 14.9. The smallest absolute Gasteiger partial charge is 0.319 e. The van der Waals surface area contributed by atoms with Crippen LogP contribution in [0.3, 0.4) is 0 Å². The van der Waals surface area contributed by atoms with Gasteiger partial charge in [-0.05, 0) is 72.9 Å². The molecule has 50 heavy (non-hydrogen) atoms. The van der Waals surface area contributed by atoms with Crippen LogP contribution in [0.1, 0.15) is 42.4 Å². The topological polar surface area (TPSA) is 73.8 Å². The number of hydrogen-bond acceptors (Lipinski definition) is 7. The number of rotatable bonds is 7. The molecule has 0 spiro atoms. The molecule has 10 heteroatoms. The quantitative estimate of drug-likeness (QED) is 0.186. The molecule has 4 aliphatic rings. The third-order valence-corrected chi connectivity index (χ3v) is 11.1. The van der Waals surface area contributed by atoms with Crippen LogP contribution in [0.5, 0.6) is 11.8 Å². The number of benzene rings is 4. The molecule has 2 N–H and O–H groups in total. The maximum atomic E-state index is 17.0. The Morgan fingerprint density at radius 3 is 2.52 bits per heavy atom. The average molecular weight is 676 g/mol. The van der Waals surface area contributed by atoms with Crippen LogP contribution in [-0.4, -0.2) is 64.8 Å². The number of nitrogens with one attached hydrogen (secondary N) is 1. The maximum Gasteiger partial charge on any atom is 0.319 e. The number of hydrogen-bond donors (Lipinski definition) is 2. The van der Waals surface area contributed by atoms with Crippen LogP contribution in [-0.2, 0) is 13.0 Å². The molecule has 5 aromatic rings. The minimum Gasteiger partial charge on any atom is -0.508 e. The first-order valence-electron chi connectivity index (χ1n) is 17.3. The Morgan fingerprint density at radius 1 is 0.980 bits per heavy atom. The molecule has 7 nitrogen and oxygen atoms in total. The van der Waals surface area contributed by atoms with Gasteiger partial charge in [0.1, 0.15) is 28.7 Å². The molecule has 1 aromatic heterocycles. The van der Waals surface area contributed by atoms with Crippen molar-refractivity contribution in [3.63, 3.8) is 0 Å². The fraction of sp³-hybridized carbons (Fsp3) is 0.350. The number of anilines is 1. The molecule has 4 aromatic carbocycles. The van der Waals surface area contributed by atoms with Gasteiger partial charge in [0.15, 0.2) is 5.82 Å². The molecule has 2 unspecified atom stereocenters. The van der Waals surface area contributed by atoms with Crippen molar-refractivity contribution < 1.29 is 23.0 Å². The molecule has 1 saturated carbocycles. The fourth-order valence-corrected chi connectivity index (χ4v) is 8.35. The van der Waals surface area contributed by atoms with Gasteiger partial charge in [0.05, 0.1) is 17.7 Å². The predicted molar refractivity (Wildman–Crippen MR) is 187 cm³/mol. The summed E-state index contributed by atoms with van der Waals surface area (Å²) in [5.41, 5.74) is 1.93. The van der Waals surface area contributed by atoms with Crippen molar-refractivity contribution in [1.82, 2.24) is 20.2 Å². The molecule has 3 fully saturated rings. The van der Waals surface area contributed by atoms with Crippen LogP contribution < -0.4 is 15.0 Å². The molecule has 2 saturated heterocycles. The van der Waals surface area contributed by atoms with Crippen LogP contribution in [0.15, 0.2) is 54.6 Å². The lowest BCUT2D eigenvalue weighted by molar-refractivity contribution is 0.145. The highest BCUT2D eigenvalue weighted by Gasteiger charge is 2.45. The second-order valence-corrected chi connectivity index (χ2v) is 14.5. The van der Waals surface area contributed by atoms with Crippen LogP contribution in [0, 0.1) is 35.2 Å². The first-order valence-corrected chi connectivity index (χ1v) is 17.3. The lowest BCUT2D eigenvalue weighted by Gasteiger charge is -2.34. The number of ether oxygens (including phenoxy) is 1. The van der Waals surface area contributed by atoms with Crippen molar-refractivity contribution in [2.45, 2.75) is 50.7 Å². The molecule has 1 aliphatic carbocycles. The van der Waals surface area contributed by atoms with Crippen LogP contribution in [0.25, 0.3) is 32.8 Å². The molecule has 3 aliphatic heterocycles. The minimum absolute atomic E-state index is 0.0289. The van der Waals surface area contributed by atoms with E-state index in [-0.39, 0.29) is 56.7 Å². The minimum atomic E-state index is -0.959. The number of phenolic OH excluding ortho intramolecular Hbond substituents is 1. The Bertz CT molecular complexity index is 2220. The number of aromatic hydroxyl groups is 1. The summed E-state index contributed by atoms with van der Waals surface area (Å²) >= 11 is 0. The van der Waals surface area contributed by atoms with Gasteiger partial charge >= 0.3 is 6.01 Å². The van der Waals surface area contributed by atoms with E-state index < -0.39 is 23.0 Å². The zero-order valence-corrected chi connectivity index (χ0v) is 27.5. The molecule has 2 bridgehead atoms. The number of aromatic nitrogens is 2. The Hall–Kier alpha value is -4.85. The zero-order valence-electron chi connectivity index (χ0n) is 27.5. The third kappa shape index (κ3) is 5.40. The largest absolute Gasteiger partial charge is 0.508 e. The summed E-state index contributed by atoms with van der Waals surface area (Å²) < 4.78 is 54.5. The number of piperazine rings is 1. The summed E-state index contributed by atoms with van der Waals surface area (Å²) in [7, 11) is 0. The second-order valence-electron chi connectivity index (χ2n) is 14.5. The average Bonchev–Trinajstić information content (AvgIpc) is 3.80. The van der Waals surface area contributed by atoms with E-state index in [2.05, 4.69) is 50.3 Å². The molecule has 0 amide bonds. The van der Waals surface area contributed by atoms with Gasteiger partial charge in [-0.25, -0.2) is 13.2 Å². The van der Waals surface area contributed by atoms with Gasteiger partial charge in [0.2, 0.25) is 0 Å². The SMILES string of the molecule is C#Cc1c(F)ccc2cc(O)cc(-c3c(F)cc4c(N5CC6CCC(C5)N6)nc(OCC5(CN6CCc7ccccc7C6)CC5)nc4c3F)c12. The van der Waals surface area contributed by atoms with Crippen LogP contribution >= 0.6 is 0 Å². The number of phenols is 1. The van der Waals surface area contributed by atoms with E-state index in [0.717, 1.165) is 51.7 Å². The van der Waals surface area contributed by atoms with E-state index in [1.165, 1.54) is 41.5 Å². The molecular formula is C40H36F3N5O2. The third-order valence-electron chi connectivity index (χ3n) is 11.1. The lowest BCUT2D eigenvalue weighted by Crippen LogP contribution is -2.51. The molecule has 2 atom stereocenters. The van der Waals surface area contributed by atoms with Gasteiger partial charge in [-0.3, -0.25) is 4.90 Å². The zero-order chi connectivity index (χ0) is 34.1. The first kappa shape index (κ1) is 31.2. The highest BCUT2D eigenvalue weighted by atomic mass is 19.1. The van der Waals surface area contributed by atoms with Gasteiger partial charge in [-0.2, -0.15) is 9.97 Å². The van der Waals surface area contributed by atoms with Crippen molar-refractivity contribution in [3.8, 4) is 35.2 Å². The van der Waals surface area contributed by atoms with Crippen LogP contribution in [0.2, 0.25) is 0 Å². The normalized spacial score (nSPS) is 21.0. The van der Waals surface area contributed by atoms with Gasteiger partial charge in [-0.1, -0.05) is 36.3 Å². The number of fused-ring (bicyclic) bond motifs is 5. The molecular weight excluding hydrogens is 639 g/mol. The van der Waals surface area contributed by atoms with E-state index in [9.17, 15) is 9.50 Å². The highest BCUT2D eigenvalue weighted by Crippen LogP contribution is 2.47. The van der Waals surface area contributed by atoms with Crippen molar-refractivity contribution in [3.05, 3.63) is 88.7 Å². The Morgan fingerprint density at radius 2 is 1.76 bits per heavy atom. The Kier molecular flexibility index (Phi) is 7.41. The van der Waals surface area contributed by atoms with Crippen molar-refractivity contribution in [2.75, 3.05) is 37.7 Å². The fourth-order valence-electron chi connectivity index (χ4n) is 8.35. The van der Waals surface area contributed by atoms with E-state index in [4.69, 9.17) is 16.1 Å². The summed E-state index contributed by atoms with van der Waals surface area (Å²) in [6.45, 7) is 4.40. The number of nitrogens with zero attached hydrogens (tertiary/aromatic N) is 4. The molecule has 254 valence electrons. The standard InChI is InChI=1S/C40H36F3N5O2/c1-2-29-32(41)10-7-24-15-28(49)16-30(34(24)29)35-33(42)17-31-37(36(35)43)45-39(46-38(31)48-19-26-8-9-27(20-48)44-26)50-22-40(12-13-40)21-47-14-11-23-5-3-4-6-25(23)18-47/h1,3-7,10,15-17,26-27,44,49H,8-9,11-14,18-22H2. The predicted octanol–water partition coefficient (Wildman–Crippen LogP) is 6.71. The maximum absolute atomic E-state index is 17.0. The van der Waals surface area contributed by atoms with Gasteiger partial charge < -0.3 is 20.1 Å². The van der Waals surface area contributed by atoms with E-state index in [1.807, 2.05) is 0 Å². The van der Waals surface area contributed by atoms with Gasteiger partial charge in [0, 0.05) is 66.6 Å². The molecule has 4 heterocycles. The first-order chi connectivity index (χ1) is 24.3. The van der Waals surface area contributed by atoms with Gasteiger partial charge in [-0.15, -0.1) is 6.42 Å².